The summed E-state index contributed by atoms with van der Waals surface area (Å²) in [4.78, 5) is 35.2. The van der Waals surface area contributed by atoms with Gasteiger partial charge in [-0.25, -0.2) is 15.1 Å². The van der Waals surface area contributed by atoms with Gasteiger partial charge < -0.3 is 19.3 Å². The molecule has 2 saturated heterocycles. The van der Waals surface area contributed by atoms with E-state index in [9.17, 15) is 22.8 Å². The number of rotatable bonds is 6. The summed E-state index contributed by atoms with van der Waals surface area (Å²) in [5.41, 5.74) is -1.44. The van der Waals surface area contributed by atoms with Gasteiger partial charge in [-0.2, -0.15) is 18.3 Å². The average Bonchev–Trinajstić information content (AvgIpc) is 3.27. The number of amides is 1. The van der Waals surface area contributed by atoms with E-state index in [2.05, 4.69) is 20.2 Å². The Balaban J connectivity index is 1.21. The molecule has 4 heterocycles. The van der Waals surface area contributed by atoms with Gasteiger partial charge in [-0.3, -0.25) is 9.59 Å². The molecule has 0 aliphatic carbocycles. The molecule has 184 valence electrons. The molecule has 10 nitrogen and oxygen atoms in total. The number of anilines is 1. The number of H-pyrrole nitrogens is 1. The fourth-order valence-corrected chi connectivity index (χ4v) is 3.96. The van der Waals surface area contributed by atoms with E-state index in [1.807, 2.05) is 0 Å². The molecule has 14 heteroatoms. The van der Waals surface area contributed by atoms with Gasteiger partial charge in [0.05, 0.1) is 30.4 Å². The topological polar surface area (TPSA) is 114 Å². The van der Waals surface area contributed by atoms with Gasteiger partial charge in [0.2, 0.25) is 11.9 Å². The van der Waals surface area contributed by atoms with Crippen molar-refractivity contribution in [2.24, 2.45) is 0 Å². The molecule has 1 amide bonds. The van der Waals surface area contributed by atoms with Crippen LogP contribution in [0.4, 0.5) is 19.1 Å². The first-order valence-electron chi connectivity index (χ1n) is 10.6. The van der Waals surface area contributed by atoms with Gasteiger partial charge in [0.25, 0.3) is 5.56 Å². The SMILES string of the molecule is O=C(C[C@H]1CCC(COc2cn[nH]c(=O)c2Cl)O1)N1CCN(c2ncc(C(F)(F)F)cn2)CC1. The van der Waals surface area contributed by atoms with E-state index >= 15 is 0 Å². The number of nitrogens with one attached hydrogen (secondary N) is 1. The van der Waals surface area contributed by atoms with E-state index in [0.717, 1.165) is 12.4 Å². The highest BCUT2D eigenvalue weighted by atomic mass is 35.5. The van der Waals surface area contributed by atoms with Crippen molar-refractivity contribution in [1.29, 1.82) is 0 Å². The van der Waals surface area contributed by atoms with E-state index in [-0.39, 0.29) is 47.9 Å². The monoisotopic (exact) mass is 502 g/mol. The number of ether oxygens (including phenoxy) is 2. The summed E-state index contributed by atoms with van der Waals surface area (Å²) >= 11 is 5.88. The van der Waals surface area contributed by atoms with Crippen LogP contribution in [-0.4, -0.2) is 76.0 Å². The standard InChI is InChI=1S/C20H22ClF3N6O4/c21-17-15(10-27-28-18(17)32)33-11-14-2-1-13(34-14)7-16(31)29-3-5-30(6-4-29)19-25-8-12(9-26-19)20(22,23)24/h8-10,13-14H,1-7,11H2,(H,28,32)/t13-,14?/m1/s1. The molecule has 1 N–H and O–H groups in total. The molecule has 4 rings (SSSR count). The van der Waals surface area contributed by atoms with Crippen molar-refractivity contribution in [2.75, 3.05) is 37.7 Å². The Morgan fingerprint density at radius 1 is 1.15 bits per heavy atom. The lowest BCUT2D eigenvalue weighted by Gasteiger charge is -2.35. The Labute approximate surface area is 197 Å². The normalized spacial score (nSPS) is 21.1. The number of nitrogens with zero attached hydrogens (tertiary/aromatic N) is 5. The molecular formula is C20H22ClF3N6O4. The first-order valence-corrected chi connectivity index (χ1v) is 11.0. The molecule has 0 saturated carbocycles. The first-order chi connectivity index (χ1) is 16.2. The largest absolute Gasteiger partial charge is 0.487 e. The van der Waals surface area contributed by atoms with E-state index in [4.69, 9.17) is 21.1 Å². The summed E-state index contributed by atoms with van der Waals surface area (Å²) < 4.78 is 49.4. The maximum atomic E-state index is 12.7. The van der Waals surface area contributed by atoms with E-state index in [1.165, 1.54) is 6.20 Å². The number of aromatic amines is 1. The molecule has 2 aromatic heterocycles. The van der Waals surface area contributed by atoms with Crippen molar-refractivity contribution in [3.05, 3.63) is 39.5 Å². The molecule has 2 atom stereocenters. The van der Waals surface area contributed by atoms with Gasteiger partial charge in [-0.05, 0) is 12.8 Å². The van der Waals surface area contributed by atoms with Gasteiger partial charge >= 0.3 is 6.18 Å². The van der Waals surface area contributed by atoms with E-state index < -0.39 is 17.3 Å². The highest BCUT2D eigenvalue weighted by molar-refractivity contribution is 6.31. The second kappa shape index (κ2) is 10.1. The van der Waals surface area contributed by atoms with Crippen LogP contribution in [0.15, 0.2) is 23.4 Å². The van der Waals surface area contributed by atoms with Crippen LogP contribution in [0.1, 0.15) is 24.8 Å². The van der Waals surface area contributed by atoms with Crippen molar-refractivity contribution < 1.29 is 27.4 Å². The molecule has 0 aromatic carbocycles. The summed E-state index contributed by atoms with van der Waals surface area (Å²) in [6, 6.07) is 0. The Bertz CT molecular complexity index is 1060. The number of halogens is 4. The molecule has 0 spiro atoms. The number of alkyl halides is 3. The highest BCUT2D eigenvalue weighted by Gasteiger charge is 2.33. The summed E-state index contributed by atoms with van der Waals surface area (Å²) in [5, 5.41) is 5.76. The van der Waals surface area contributed by atoms with E-state index in [0.29, 0.717) is 39.0 Å². The Kier molecular flexibility index (Phi) is 7.22. The lowest BCUT2D eigenvalue weighted by molar-refractivity contribution is -0.138. The van der Waals surface area contributed by atoms with Crippen LogP contribution in [0.25, 0.3) is 0 Å². The maximum absolute atomic E-state index is 12.7. The third-order valence-electron chi connectivity index (χ3n) is 5.67. The molecule has 2 fully saturated rings. The van der Waals surface area contributed by atoms with Gasteiger partial charge in [0, 0.05) is 38.6 Å². The quantitative estimate of drug-likeness (QED) is 0.637. The van der Waals surface area contributed by atoms with Crippen molar-refractivity contribution in [3.63, 3.8) is 0 Å². The molecule has 2 aromatic rings. The van der Waals surface area contributed by atoms with Crippen molar-refractivity contribution in [2.45, 2.75) is 37.6 Å². The van der Waals surface area contributed by atoms with Crippen LogP contribution < -0.4 is 15.2 Å². The van der Waals surface area contributed by atoms with E-state index in [1.54, 1.807) is 9.80 Å². The summed E-state index contributed by atoms with van der Waals surface area (Å²) in [7, 11) is 0. The predicted molar refractivity (Wildman–Crippen MR) is 114 cm³/mol. The van der Waals surface area contributed by atoms with Crippen LogP contribution in [0.3, 0.4) is 0 Å². The number of carbonyl (C=O) groups is 1. The molecule has 0 bridgehead atoms. The van der Waals surface area contributed by atoms with Crippen molar-refractivity contribution >= 4 is 23.5 Å². The fourth-order valence-electron chi connectivity index (χ4n) is 3.81. The molecule has 34 heavy (non-hydrogen) atoms. The van der Waals surface area contributed by atoms with Crippen LogP contribution in [0.5, 0.6) is 5.75 Å². The zero-order valence-electron chi connectivity index (χ0n) is 17.9. The molecule has 2 aliphatic rings. The smallest absolute Gasteiger partial charge is 0.419 e. The number of hydrogen-bond donors (Lipinski definition) is 1. The Morgan fingerprint density at radius 2 is 1.82 bits per heavy atom. The third kappa shape index (κ3) is 5.76. The number of hydrogen-bond acceptors (Lipinski definition) is 8. The van der Waals surface area contributed by atoms with Gasteiger partial charge in [0.15, 0.2) is 10.8 Å². The highest BCUT2D eigenvalue weighted by Crippen LogP contribution is 2.29. The zero-order chi connectivity index (χ0) is 24.3. The number of carbonyl (C=O) groups excluding carboxylic acids is 1. The second-order valence-electron chi connectivity index (χ2n) is 7.99. The molecule has 0 radical (unpaired) electrons. The lowest BCUT2D eigenvalue weighted by Crippen LogP contribution is -2.49. The summed E-state index contributed by atoms with van der Waals surface area (Å²) in [6.07, 6.45) is -0.509. The predicted octanol–water partition coefficient (Wildman–Crippen LogP) is 1.90. The maximum Gasteiger partial charge on any atom is 0.419 e. The van der Waals surface area contributed by atoms with Gasteiger partial charge in [0.1, 0.15) is 6.61 Å². The number of aromatic nitrogens is 4. The lowest BCUT2D eigenvalue weighted by atomic mass is 10.1. The molecule has 2 aliphatic heterocycles. The second-order valence-corrected chi connectivity index (χ2v) is 8.37. The first kappa shape index (κ1) is 24.2. The van der Waals surface area contributed by atoms with Crippen molar-refractivity contribution in [1.82, 2.24) is 25.1 Å². The third-order valence-corrected chi connectivity index (χ3v) is 6.02. The van der Waals surface area contributed by atoms with Crippen molar-refractivity contribution in [3.8, 4) is 5.75 Å². The summed E-state index contributed by atoms with van der Waals surface area (Å²) in [5.74, 6) is 0.322. The Hall–Kier alpha value is -2.93. The Morgan fingerprint density at radius 3 is 2.50 bits per heavy atom. The molecular weight excluding hydrogens is 481 g/mol. The molecule has 1 unspecified atom stereocenters. The minimum atomic E-state index is -4.48. The zero-order valence-corrected chi connectivity index (χ0v) is 18.7. The van der Waals surface area contributed by atoms with Crippen LogP contribution in [0, 0.1) is 0 Å². The summed E-state index contributed by atoms with van der Waals surface area (Å²) in [6.45, 7) is 1.85. The fraction of sp³-hybridized carbons (Fsp3) is 0.550. The van der Waals surface area contributed by atoms with Crippen LogP contribution >= 0.6 is 11.6 Å². The minimum absolute atomic E-state index is 0.0543. The van der Waals surface area contributed by atoms with Gasteiger partial charge in [-0.1, -0.05) is 11.6 Å². The minimum Gasteiger partial charge on any atom is -0.487 e. The number of piperazine rings is 1. The van der Waals surface area contributed by atoms with Crippen LogP contribution in [-0.2, 0) is 15.7 Å². The van der Waals surface area contributed by atoms with Crippen LogP contribution in [0.2, 0.25) is 5.02 Å². The average molecular weight is 503 g/mol. The van der Waals surface area contributed by atoms with Gasteiger partial charge in [-0.15, -0.1) is 0 Å².